The number of carbonyl (C=O) groups is 1. The molecule has 1 aliphatic rings. The Morgan fingerprint density at radius 2 is 2.10 bits per heavy atom. The fraction of sp³-hybridized carbons (Fsp3) is 0.375. The first-order valence-corrected chi connectivity index (χ1v) is 7.87. The van der Waals surface area contributed by atoms with Crippen molar-refractivity contribution in [1.82, 2.24) is 9.97 Å². The van der Waals surface area contributed by atoms with Gasteiger partial charge in [-0.1, -0.05) is 34.5 Å². The second kappa shape index (κ2) is 6.02. The molecule has 1 N–H and O–H groups in total. The van der Waals surface area contributed by atoms with Crippen molar-refractivity contribution in [3.8, 4) is 11.3 Å². The molecule has 0 amide bonds. The minimum absolute atomic E-state index is 0.0704. The monoisotopic (exact) mass is 348 g/mol. The maximum Gasteiger partial charge on any atom is 0.309 e. The van der Waals surface area contributed by atoms with E-state index < -0.39 is 0 Å². The Kier molecular flexibility index (Phi) is 4.10. The number of nitrogens with zero attached hydrogens (tertiary/aromatic N) is 1. The number of ether oxygens (including phenoxy) is 1. The summed E-state index contributed by atoms with van der Waals surface area (Å²) in [5, 5.41) is 0. The van der Waals surface area contributed by atoms with Gasteiger partial charge in [-0.2, -0.15) is 0 Å². The fourth-order valence-corrected chi connectivity index (χ4v) is 3.29. The average Bonchev–Trinajstić information content (AvgIpc) is 3.15. The number of rotatable bonds is 3. The van der Waals surface area contributed by atoms with Crippen molar-refractivity contribution in [2.24, 2.45) is 5.92 Å². The van der Waals surface area contributed by atoms with Gasteiger partial charge in [-0.3, -0.25) is 4.79 Å². The maximum atomic E-state index is 11.8. The van der Waals surface area contributed by atoms with Gasteiger partial charge in [-0.05, 0) is 30.5 Å². The number of nitrogens with one attached hydrogen (secondary N) is 1. The van der Waals surface area contributed by atoms with Crippen molar-refractivity contribution < 1.29 is 9.53 Å². The molecular formula is C16H17BrN2O2. The molecule has 1 aliphatic carbocycles. The normalized spacial score (nSPS) is 21.4. The lowest BCUT2D eigenvalue weighted by atomic mass is 9.95. The second-order valence-corrected chi connectivity index (χ2v) is 6.27. The first-order chi connectivity index (χ1) is 10.2. The first kappa shape index (κ1) is 14.3. The van der Waals surface area contributed by atoms with E-state index >= 15 is 0 Å². The number of hydrogen-bond acceptors (Lipinski definition) is 3. The molecule has 0 spiro atoms. The molecule has 21 heavy (non-hydrogen) atoms. The largest absolute Gasteiger partial charge is 0.469 e. The number of esters is 1. The molecule has 1 aromatic carbocycles. The van der Waals surface area contributed by atoms with Crippen LogP contribution in [-0.2, 0) is 9.53 Å². The van der Waals surface area contributed by atoms with E-state index in [1.165, 1.54) is 7.11 Å². The number of imidazole rings is 1. The topological polar surface area (TPSA) is 55.0 Å². The Bertz CT molecular complexity index is 636. The van der Waals surface area contributed by atoms with Crippen LogP contribution >= 0.6 is 15.9 Å². The standard InChI is InChI=1S/C16H17BrN2O2/c1-21-16(20)13-4-2-3-12(13)15-18-9-14(19-15)10-5-7-11(17)8-6-10/h5-9,12-13H,2-4H2,1H3,(H,18,19)/t12-,13-/m0/s1. The van der Waals surface area contributed by atoms with Gasteiger partial charge in [0.25, 0.3) is 0 Å². The fourth-order valence-electron chi connectivity index (χ4n) is 3.02. The molecule has 0 bridgehead atoms. The summed E-state index contributed by atoms with van der Waals surface area (Å²) >= 11 is 3.43. The van der Waals surface area contributed by atoms with Crippen LogP contribution in [0.3, 0.4) is 0 Å². The smallest absolute Gasteiger partial charge is 0.309 e. The maximum absolute atomic E-state index is 11.8. The van der Waals surface area contributed by atoms with E-state index in [1.807, 2.05) is 30.5 Å². The van der Waals surface area contributed by atoms with Crippen LogP contribution in [0.15, 0.2) is 34.9 Å². The summed E-state index contributed by atoms with van der Waals surface area (Å²) in [4.78, 5) is 19.7. The third-order valence-corrected chi connectivity index (χ3v) is 4.65. The summed E-state index contributed by atoms with van der Waals surface area (Å²) in [7, 11) is 1.45. The summed E-state index contributed by atoms with van der Waals surface area (Å²) in [6.07, 6.45) is 4.74. The molecule has 1 saturated carbocycles. The molecule has 1 aromatic heterocycles. The second-order valence-electron chi connectivity index (χ2n) is 5.36. The predicted octanol–water partition coefficient (Wildman–Crippen LogP) is 3.90. The lowest BCUT2D eigenvalue weighted by Gasteiger charge is -2.14. The van der Waals surface area contributed by atoms with Crippen LogP contribution in [-0.4, -0.2) is 23.0 Å². The highest BCUT2D eigenvalue weighted by Gasteiger charge is 2.36. The zero-order chi connectivity index (χ0) is 14.8. The number of H-pyrrole nitrogens is 1. The summed E-state index contributed by atoms with van der Waals surface area (Å²) < 4.78 is 5.95. The van der Waals surface area contributed by atoms with Crippen molar-refractivity contribution >= 4 is 21.9 Å². The third-order valence-electron chi connectivity index (χ3n) is 4.12. The molecular weight excluding hydrogens is 332 g/mol. The van der Waals surface area contributed by atoms with Crippen LogP contribution in [0.25, 0.3) is 11.3 Å². The summed E-state index contributed by atoms with van der Waals surface area (Å²) in [5.74, 6) is 0.834. The van der Waals surface area contributed by atoms with Crippen LogP contribution in [0.4, 0.5) is 0 Å². The van der Waals surface area contributed by atoms with Crippen molar-refractivity contribution in [2.75, 3.05) is 7.11 Å². The molecule has 4 nitrogen and oxygen atoms in total. The van der Waals surface area contributed by atoms with E-state index in [2.05, 4.69) is 25.9 Å². The molecule has 2 atom stereocenters. The minimum atomic E-state index is -0.126. The molecule has 1 fully saturated rings. The zero-order valence-corrected chi connectivity index (χ0v) is 13.4. The van der Waals surface area contributed by atoms with E-state index in [1.54, 1.807) is 0 Å². The molecule has 0 aliphatic heterocycles. The molecule has 0 radical (unpaired) electrons. The molecule has 0 saturated heterocycles. The molecule has 1 heterocycles. The quantitative estimate of drug-likeness (QED) is 0.856. The Morgan fingerprint density at radius 1 is 1.33 bits per heavy atom. The Hall–Kier alpha value is -1.62. The van der Waals surface area contributed by atoms with Gasteiger partial charge in [0.05, 0.1) is 24.9 Å². The van der Waals surface area contributed by atoms with E-state index in [9.17, 15) is 4.79 Å². The Balaban J connectivity index is 1.84. The summed E-state index contributed by atoms with van der Waals surface area (Å²) in [6, 6.07) is 8.08. The van der Waals surface area contributed by atoms with Crippen LogP contribution in [0.1, 0.15) is 31.0 Å². The van der Waals surface area contributed by atoms with Crippen LogP contribution in [0.5, 0.6) is 0 Å². The average molecular weight is 349 g/mol. The SMILES string of the molecule is COC(=O)[C@H]1CCC[C@@H]1c1ncc(-c2ccc(Br)cc2)[nH]1. The van der Waals surface area contributed by atoms with Crippen molar-refractivity contribution in [2.45, 2.75) is 25.2 Å². The van der Waals surface area contributed by atoms with Gasteiger partial charge in [0.15, 0.2) is 0 Å². The van der Waals surface area contributed by atoms with Gasteiger partial charge >= 0.3 is 5.97 Å². The molecule has 0 unspecified atom stereocenters. The predicted molar refractivity (Wildman–Crippen MR) is 83.8 cm³/mol. The minimum Gasteiger partial charge on any atom is -0.469 e. The number of hydrogen-bond donors (Lipinski definition) is 1. The number of halogens is 1. The Morgan fingerprint density at radius 3 is 2.81 bits per heavy atom. The van der Waals surface area contributed by atoms with Gasteiger partial charge in [0, 0.05) is 10.4 Å². The lowest BCUT2D eigenvalue weighted by Crippen LogP contribution is -2.19. The molecule has 5 heteroatoms. The van der Waals surface area contributed by atoms with Gasteiger partial charge in [-0.25, -0.2) is 4.98 Å². The van der Waals surface area contributed by atoms with Crippen LogP contribution in [0.2, 0.25) is 0 Å². The molecule has 110 valence electrons. The molecule has 2 aromatic rings. The number of carbonyl (C=O) groups excluding carboxylic acids is 1. The molecule has 3 rings (SSSR count). The highest BCUT2D eigenvalue weighted by Crippen LogP contribution is 2.39. The van der Waals surface area contributed by atoms with Gasteiger partial charge in [0.2, 0.25) is 0 Å². The van der Waals surface area contributed by atoms with Crippen molar-refractivity contribution in [3.63, 3.8) is 0 Å². The van der Waals surface area contributed by atoms with E-state index in [0.717, 1.165) is 40.8 Å². The number of benzene rings is 1. The van der Waals surface area contributed by atoms with Gasteiger partial charge < -0.3 is 9.72 Å². The highest BCUT2D eigenvalue weighted by molar-refractivity contribution is 9.10. The lowest BCUT2D eigenvalue weighted by molar-refractivity contribution is -0.145. The van der Waals surface area contributed by atoms with Gasteiger partial charge in [0.1, 0.15) is 5.82 Å². The number of aromatic amines is 1. The number of methoxy groups -OCH3 is 1. The van der Waals surface area contributed by atoms with Gasteiger partial charge in [-0.15, -0.1) is 0 Å². The van der Waals surface area contributed by atoms with E-state index in [0.29, 0.717) is 0 Å². The van der Waals surface area contributed by atoms with Crippen LogP contribution < -0.4 is 0 Å². The van der Waals surface area contributed by atoms with Crippen molar-refractivity contribution in [1.29, 1.82) is 0 Å². The first-order valence-electron chi connectivity index (χ1n) is 7.07. The van der Waals surface area contributed by atoms with Crippen LogP contribution in [0, 0.1) is 5.92 Å². The summed E-state index contributed by atoms with van der Waals surface area (Å²) in [5.41, 5.74) is 2.07. The third kappa shape index (κ3) is 2.88. The number of aromatic nitrogens is 2. The highest BCUT2D eigenvalue weighted by atomic mass is 79.9. The zero-order valence-electron chi connectivity index (χ0n) is 11.8. The van der Waals surface area contributed by atoms with Crippen molar-refractivity contribution in [3.05, 3.63) is 40.8 Å². The summed E-state index contributed by atoms with van der Waals surface area (Å²) in [6.45, 7) is 0. The van der Waals surface area contributed by atoms with E-state index in [4.69, 9.17) is 4.74 Å². The van der Waals surface area contributed by atoms with E-state index in [-0.39, 0.29) is 17.8 Å². The Labute approximate surface area is 132 Å².